The first kappa shape index (κ1) is 41.5. The van der Waals surface area contributed by atoms with Crippen LogP contribution >= 0.6 is 0 Å². The lowest BCUT2D eigenvalue weighted by Crippen LogP contribution is -2.41. The molecule has 4 N–H and O–H groups in total. The van der Waals surface area contributed by atoms with Crippen LogP contribution in [0.2, 0.25) is 0 Å². The van der Waals surface area contributed by atoms with E-state index < -0.39 is 37.9 Å². The Labute approximate surface area is 327 Å². The maximum absolute atomic E-state index is 12.7. The van der Waals surface area contributed by atoms with Crippen molar-refractivity contribution in [3.05, 3.63) is 107 Å². The predicted molar refractivity (Wildman–Crippen MR) is 206 cm³/mol. The monoisotopic (exact) mass is 792 g/mol. The minimum atomic E-state index is -3.01. The Kier molecular flexibility index (Phi) is 14.0. The van der Waals surface area contributed by atoms with Crippen molar-refractivity contribution in [3.8, 4) is 23.0 Å². The van der Waals surface area contributed by atoms with Crippen LogP contribution in [-0.4, -0.2) is 73.5 Å². The summed E-state index contributed by atoms with van der Waals surface area (Å²) in [6.45, 7) is 0.203. The fraction of sp³-hybridized carbons (Fsp3) is 0.300. The maximum Gasteiger partial charge on any atom is 0.431 e. The molecule has 302 valence electrons. The van der Waals surface area contributed by atoms with Crippen LogP contribution in [0.15, 0.2) is 95.1 Å². The van der Waals surface area contributed by atoms with Crippen LogP contribution in [0.1, 0.15) is 48.9 Å². The number of hydrogen-bond acceptors (Lipinski definition) is 12. The second-order valence-electron chi connectivity index (χ2n) is 12.5. The van der Waals surface area contributed by atoms with E-state index in [1.54, 1.807) is 60.7 Å². The highest BCUT2D eigenvalue weighted by Gasteiger charge is 2.33. The van der Waals surface area contributed by atoms with Gasteiger partial charge in [-0.2, -0.15) is 29.0 Å². The van der Waals surface area contributed by atoms with Crippen molar-refractivity contribution < 1.29 is 51.2 Å². The number of anilines is 2. The van der Waals surface area contributed by atoms with Crippen molar-refractivity contribution in [3.63, 3.8) is 0 Å². The Bertz CT molecular complexity index is 2070. The van der Waals surface area contributed by atoms with Gasteiger partial charge in [0, 0.05) is 22.5 Å². The predicted octanol–water partition coefficient (Wildman–Crippen LogP) is 7.73. The highest BCUT2D eigenvalue weighted by Crippen LogP contribution is 2.33. The van der Waals surface area contributed by atoms with E-state index in [1.165, 1.54) is 36.4 Å². The molecule has 0 aromatic heterocycles. The van der Waals surface area contributed by atoms with Gasteiger partial charge in [-0.05, 0) is 84.6 Å². The summed E-state index contributed by atoms with van der Waals surface area (Å²) in [5, 5.41) is 11.4. The van der Waals surface area contributed by atoms with Gasteiger partial charge in [-0.1, -0.05) is 38.1 Å². The van der Waals surface area contributed by atoms with Crippen LogP contribution in [0, 0.1) is 0 Å². The number of nitrogens with two attached hydrogens (primary N) is 2. The average Bonchev–Trinajstić information content (AvgIpc) is 3.21. The van der Waals surface area contributed by atoms with E-state index in [4.69, 9.17) is 35.2 Å². The fourth-order valence-electron chi connectivity index (χ4n) is 5.81. The molecule has 6 rings (SSSR count). The van der Waals surface area contributed by atoms with Crippen LogP contribution in [0.3, 0.4) is 0 Å². The molecule has 2 unspecified atom stereocenters. The third kappa shape index (κ3) is 10.6. The summed E-state index contributed by atoms with van der Waals surface area (Å²) < 4.78 is 68.9. The lowest BCUT2D eigenvalue weighted by molar-refractivity contribution is -0.0512. The van der Waals surface area contributed by atoms with E-state index in [9.17, 15) is 22.8 Å². The summed E-state index contributed by atoms with van der Waals surface area (Å²) >= 11 is 0. The Balaban J connectivity index is 0.000000218. The molecule has 17 heteroatoms. The Morgan fingerprint density at radius 3 is 1.51 bits per heavy atom. The first-order chi connectivity index (χ1) is 27.5. The second-order valence-corrected chi connectivity index (χ2v) is 12.5. The summed E-state index contributed by atoms with van der Waals surface area (Å²) in [5.74, 6) is 0.692. The van der Waals surface area contributed by atoms with Crippen molar-refractivity contribution in [1.29, 1.82) is 0 Å². The highest BCUT2D eigenvalue weighted by atomic mass is 19.3. The summed E-state index contributed by atoms with van der Waals surface area (Å²) in [4.78, 5) is 24.7. The molecule has 2 heterocycles. The minimum absolute atomic E-state index is 0.125. The van der Waals surface area contributed by atoms with Crippen molar-refractivity contribution >= 4 is 35.0 Å². The normalized spacial score (nSPS) is 16.4. The number of nitrogens with zero attached hydrogens (tertiary/aromatic N) is 4. The SMILES string of the molecule is CCC1OC(=O)N(Cc2ccc(N)cc2)N=C1c1ccc(OC)c(OC(F)F)c1.CCC1OC(=O)N(Cc2ccc(N)cc2)N=C1c1ccc(OCF)c(OC)c1. The molecular weight excluding hydrogens is 749 g/mol. The number of alkyl halides is 3. The van der Waals surface area contributed by atoms with Crippen molar-refractivity contribution in [1.82, 2.24) is 10.0 Å². The first-order valence-corrected chi connectivity index (χ1v) is 17.8. The molecule has 0 aliphatic carbocycles. The molecule has 2 atom stereocenters. The third-order valence-electron chi connectivity index (χ3n) is 8.69. The number of hydrogen-bond donors (Lipinski definition) is 2. The van der Waals surface area contributed by atoms with Gasteiger partial charge in [-0.25, -0.2) is 14.0 Å². The largest absolute Gasteiger partial charge is 0.493 e. The van der Waals surface area contributed by atoms with Crippen LogP contribution in [-0.2, 0) is 22.6 Å². The van der Waals surface area contributed by atoms with Crippen LogP contribution in [0.5, 0.6) is 23.0 Å². The smallest absolute Gasteiger partial charge is 0.431 e. The van der Waals surface area contributed by atoms with E-state index >= 15 is 0 Å². The zero-order valence-corrected chi connectivity index (χ0v) is 31.7. The number of benzene rings is 4. The molecule has 0 bridgehead atoms. The zero-order valence-electron chi connectivity index (χ0n) is 31.7. The van der Waals surface area contributed by atoms with Gasteiger partial charge in [0.2, 0.25) is 6.86 Å². The van der Waals surface area contributed by atoms with Gasteiger partial charge in [0.15, 0.2) is 23.0 Å². The van der Waals surface area contributed by atoms with E-state index in [1.807, 2.05) is 26.0 Å². The molecule has 4 aromatic carbocycles. The van der Waals surface area contributed by atoms with Gasteiger partial charge < -0.3 is 39.9 Å². The molecule has 2 aliphatic rings. The summed E-state index contributed by atoms with van der Waals surface area (Å²) in [7, 11) is 2.83. The standard InChI is InChI=1S/C20H21F2N3O4.C20H22FN3O4/c1-3-15-18(13-6-9-16(27-2)17(10-13)28-19(21)22)24-25(20(26)29-15)11-12-4-7-14(23)8-5-12;1-3-16-19(14-6-9-17(27-12-21)18(10-14)26-2)23-24(20(25)28-16)11-13-4-7-15(22)8-5-13/h4-10,15,19H,3,11,23H2,1-2H3;4-10,16H,3,11-12,22H2,1-2H3. The molecular formula is C40H43F3N6O8. The second kappa shape index (κ2) is 19.3. The summed E-state index contributed by atoms with van der Waals surface area (Å²) in [6.07, 6.45) is -1.18. The van der Waals surface area contributed by atoms with Crippen molar-refractivity contribution in [2.75, 3.05) is 32.5 Å². The van der Waals surface area contributed by atoms with Gasteiger partial charge in [-0.3, -0.25) is 0 Å². The molecule has 2 aliphatic heterocycles. The van der Waals surface area contributed by atoms with Gasteiger partial charge in [0.05, 0.1) is 27.3 Å². The molecule has 0 spiro atoms. The number of amides is 2. The molecule has 0 saturated heterocycles. The van der Waals surface area contributed by atoms with Crippen LogP contribution in [0.25, 0.3) is 0 Å². The maximum atomic E-state index is 12.7. The number of cyclic esters (lactones) is 2. The molecule has 57 heavy (non-hydrogen) atoms. The highest BCUT2D eigenvalue weighted by molar-refractivity contribution is 6.07. The molecule has 2 amide bonds. The quantitative estimate of drug-likeness (QED) is 0.120. The Morgan fingerprint density at radius 1 is 0.667 bits per heavy atom. The van der Waals surface area contributed by atoms with E-state index in [2.05, 4.69) is 14.9 Å². The van der Waals surface area contributed by atoms with Crippen LogP contribution < -0.4 is 30.4 Å². The third-order valence-corrected chi connectivity index (χ3v) is 8.69. The number of carbonyl (C=O) groups is 2. The lowest BCUT2D eigenvalue weighted by Gasteiger charge is -2.29. The van der Waals surface area contributed by atoms with Gasteiger partial charge >= 0.3 is 18.8 Å². The van der Waals surface area contributed by atoms with Crippen LogP contribution in [0.4, 0.5) is 34.1 Å². The minimum Gasteiger partial charge on any atom is -0.493 e. The Hall–Kier alpha value is -6.65. The summed E-state index contributed by atoms with van der Waals surface area (Å²) in [5.41, 5.74) is 16.5. The molecule has 14 nitrogen and oxygen atoms in total. The zero-order chi connectivity index (χ0) is 41.1. The summed E-state index contributed by atoms with van der Waals surface area (Å²) in [6, 6.07) is 23.8. The molecule has 4 aromatic rings. The molecule has 0 radical (unpaired) electrons. The topological polar surface area (TPSA) is 173 Å². The number of ether oxygens (including phenoxy) is 6. The number of hydrazone groups is 2. The van der Waals surface area contributed by atoms with Gasteiger partial charge in [0.25, 0.3) is 0 Å². The number of halogens is 3. The molecule has 0 saturated carbocycles. The van der Waals surface area contributed by atoms with Crippen molar-refractivity contribution in [2.45, 2.75) is 58.6 Å². The number of nitrogen functional groups attached to an aromatic ring is 2. The van der Waals surface area contributed by atoms with Crippen molar-refractivity contribution in [2.24, 2.45) is 10.2 Å². The van der Waals surface area contributed by atoms with Gasteiger partial charge in [-0.15, -0.1) is 0 Å². The van der Waals surface area contributed by atoms with E-state index in [0.717, 1.165) is 11.1 Å². The number of carbonyl (C=O) groups excluding carboxylic acids is 2. The number of rotatable bonds is 14. The molecule has 0 fully saturated rings. The van der Waals surface area contributed by atoms with E-state index in [-0.39, 0.29) is 30.3 Å². The van der Waals surface area contributed by atoms with Gasteiger partial charge in [0.1, 0.15) is 23.6 Å². The van der Waals surface area contributed by atoms with E-state index in [0.29, 0.717) is 52.5 Å². The fourth-order valence-corrected chi connectivity index (χ4v) is 5.81. The Morgan fingerprint density at radius 2 is 1.11 bits per heavy atom. The first-order valence-electron chi connectivity index (χ1n) is 17.8. The average molecular weight is 793 g/mol. The number of methoxy groups -OCH3 is 2. The lowest BCUT2D eigenvalue weighted by atomic mass is 10.0.